The second-order valence-electron chi connectivity index (χ2n) is 5.57. The van der Waals surface area contributed by atoms with E-state index in [2.05, 4.69) is 33.7 Å². The van der Waals surface area contributed by atoms with Crippen LogP contribution >= 0.6 is 0 Å². The van der Waals surface area contributed by atoms with Crippen molar-refractivity contribution in [2.24, 2.45) is 0 Å². The van der Waals surface area contributed by atoms with Gasteiger partial charge in [0, 0.05) is 23.7 Å². The Hall–Kier alpha value is -1.84. The summed E-state index contributed by atoms with van der Waals surface area (Å²) in [6.07, 6.45) is 6.27. The molecule has 1 aliphatic carbocycles. The lowest BCUT2D eigenvalue weighted by Gasteiger charge is -2.03. The van der Waals surface area contributed by atoms with Gasteiger partial charge in [-0.2, -0.15) is 5.10 Å². The Bertz CT molecular complexity index is 596. The maximum atomic E-state index is 4.69. The highest BCUT2D eigenvalue weighted by atomic mass is 15.2. The van der Waals surface area contributed by atoms with E-state index < -0.39 is 0 Å². The molecule has 1 aromatic carbocycles. The summed E-state index contributed by atoms with van der Waals surface area (Å²) in [4.78, 5) is 4.69. The van der Waals surface area contributed by atoms with Gasteiger partial charge in [0.2, 0.25) is 0 Å². The Kier molecular flexibility index (Phi) is 2.53. The van der Waals surface area contributed by atoms with Gasteiger partial charge in [-0.25, -0.2) is 4.98 Å². The lowest BCUT2D eigenvalue weighted by molar-refractivity contribution is 0.672. The van der Waals surface area contributed by atoms with E-state index >= 15 is 0 Å². The van der Waals surface area contributed by atoms with E-state index in [0.29, 0.717) is 5.92 Å². The van der Waals surface area contributed by atoms with Crippen LogP contribution in [0.15, 0.2) is 18.2 Å². The van der Waals surface area contributed by atoms with Gasteiger partial charge in [-0.05, 0) is 30.9 Å². The fraction of sp³-hybridized carbons (Fsp3) is 0.467. The lowest BCUT2D eigenvalue weighted by atomic mass is 10.1. The predicted octanol–water partition coefficient (Wildman–Crippen LogP) is 3.10. The highest BCUT2D eigenvalue weighted by Crippen LogP contribution is 2.33. The van der Waals surface area contributed by atoms with E-state index in [9.17, 15) is 0 Å². The Labute approximate surface area is 112 Å². The van der Waals surface area contributed by atoms with E-state index in [0.717, 1.165) is 30.2 Å². The SMILES string of the molecule is c1cc2c(cc1-c1n[nH]c(C3CCCC3)n1)NCC2. The van der Waals surface area contributed by atoms with Crippen LogP contribution in [0.2, 0.25) is 0 Å². The van der Waals surface area contributed by atoms with Crippen LogP contribution < -0.4 is 5.32 Å². The van der Waals surface area contributed by atoms with Crippen LogP contribution in [-0.4, -0.2) is 21.7 Å². The summed E-state index contributed by atoms with van der Waals surface area (Å²) in [6.45, 7) is 1.04. The first-order chi connectivity index (χ1) is 9.40. The summed E-state index contributed by atoms with van der Waals surface area (Å²) < 4.78 is 0. The lowest BCUT2D eigenvalue weighted by Crippen LogP contribution is -1.94. The first-order valence-electron chi connectivity index (χ1n) is 7.19. The highest BCUT2D eigenvalue weighted by Gasteiger charge is 2.21. The van der Waals surface area contributed by atoms with Crippen molar-refractivity contribution in [1.29, 1.82) is 0 Å². The van der Waals surface area contributed by atoms with Crippen molar-refractivity contribution < 1.29 is 0 Å². The molecular weight excluding hydrogens is 236 g/mol. The van der Waals surface area contributed by atoms with Gasteiger partial charge >= 0.3 is 0 Å². The number of rotatable bonds is 2. The van der Waals surface area contributed by atoms with Gasteiger partial charge in [0.25, 0.3) is 0 Å². The third-order valence-electron chi connectivity index (χ3n) is 4.32. The molecule has 0 amide bonds. The normalized spacial score (nSPS) is 18.5. The van der Waals surface area contributed by atoms with Crippen LogP contribution in [0.3, 0.4) is 0 Å². The minimum atomic E-state index is 0.591. The summed E-state index contributed by atoms with van der Waals surface area (Å²) in [7, 11) is 0. The van der Waals surface area contributed by atoms with Crippen LogP contribution in [0.1, 0.15) is 43.0 Å². The van der Waals surface area contributed by atoms with E-state index in [4.69, 9.17) is 4.98 Å². The summed E-state index contributed by atoms with van der Waals surface area (Å²) in [5, 5.41) is 10.9. The van der Waals surface area contributed by atoms with Gasteiger partial charge in [-0.1, -0.05) is 25.0 Å². The second-order valence-corrected chi connectivity index (χ2v) is 5.57. The zero-order valence-electron chi connectivity index (χ0n) is 10.9. The molecule has 0 radical (unpaired) electrons. The largest absolute Gasteiger partial charge is 0.384 e. The molecule has 2 aromatic rings. The van der Waals surface area contributed by atoms with E-state index in [-0.39, 0.29) is 0 Å². The number of nitrogens with one attached hydrogen (secondary N) is 2. The molecule has 98 valence electrons. The first-order valence-corrected chi connectivity index (χ1v) is 7.19. The van der Waals surface area contributed by atoms with Crippen LogP contribution in [0.25, 0.3) is 11.4 Å². The van der Waals surface area contributed by atoms with Crippen LogP contribution in [0, 0.1) is 0 Å². The number of H-pyrrole nitrogens is 1. The molecule has 1 saturated carbocycles. The molecule has 4 nitrogen and oxygen atoms in total. The summed E-state index contributed by atoms with van der Waals surface area (Å²) >= 11 is 0. The zero-order chi connectivity index (χ0) is 12.7. The van der Waals surface area contributed by atoms with Gasteiger partial charge in [0.05, 0.1) is 0 Å². The van der Waals surface area contributed by atoms with Crippen molar-refractivity contribution in [1.82, 2.24) is 15.2 Å². The molecular formula is C15H18N4. The number of anilines is 1. The fourth-order valence-corrected chi connectivity index (χ4v) is 3.22. The van der Waals surface area contributed by atoms with Crippen LogP contribution in [0.5, 0.6) is 0 Å². The number of fused-ring (bicyclic) bond motifs is 1. The molecule has 1 aromatic heterocycles. The quantitative estimate of drug-likeness (QED) is 0.865. The number of hydrogen-bond donors (Lipinski definition) is 2. The van der Waals surface area contributed by atoms with Crippen molar-refractivity contribution in [3.05, 3.63) is 29.6 Å². The maximum absolute atomic E-state index is 4.69. The van der Waals surface area contributed by atoms with Crippen molar-refractivity contribution in [3.63, 3.8) is 0 Å². The number of aromatic nitrogens is 3. The molecule has 0 unspecified atom stereocenters. The summed E-state index contributed by atoms with van der Waals surface area (Å²) in [6, 6.07) is 6.49. The van der Waals surface area contributed by atoms with Crippen LogP contribution in [-0.2, 0) is 6.42 Å². The average Bonchev–Trinajstić information content (AvgIpc) is 3.18. The Morgan fingerprint density at radius 2 is 2.05 bits per heavy atom. The molecule has 2 aliphatic rings. The predicted molar refractivity (Wildman–Crippen MR) is 75.2 cm³/mol. The number of benzene rings is 1. The monoisotopic (exact) mass is 254 g/mol. The third kappa shape index (κ3) is 1.91. The van der Waals surface area contributed by atoms with Crippen LogP contribution in [0.4, 0.5) is 5.69 Å². The zero-order valence-corrected chi connectivity index (χ0v) is 10.9. The molecule has 4 heteroatoms. The molecule has 0 bridgehead atoms. The van der Waals surface area contributed by atoms with Gasteiger partial charge in [-0.3, -0.25) is 5.10 Å². The molecule has 0 atom stereocenters. The molecule has 4 rings (SSSR count). The van der Waals surface area contributed by atoms with Gasteiger partial charge in [0.1, 0.15) is 5.82 Å². The third-order valence-corrected chi connectivity index (χ3v) is 4.32. The van der Waals surface area contributed by atoms with E-state index in [1.165, 1.54) is 36.9 Å². The molecule has 2 N–H and O–H groups in total. The molecule has 1 fully saturated rings. The van der Waals surface area contributed by atoms with Gasteiger partial charge in [-0.15, -0.1) is 0 Å². The molecule has 1 aliphatic heterocycles. The summed E-state index contributed by atoms with van der Waals surface area (Å²) in [5.41, 5.74) is 3.74. The van der Waals surface area contributed by atoms with E-state index in [1.54, 1.807) is 0 Å². The first kappa shape index (κ1) is 11.0. The molecule has 0 saturated heterocycles. The smallest absolute Gasteiger partial charge is 0.181 e. The molecule has 19 heavy (non-hydrogen) atoms. The summed E-state index contributed by atoms with van der Waals surface area (Å²) in [5.74, 6) is 2.49. The number of nitrogens with zero attached hydrogens (tertiary/aromatic N) is 2. The van der Waals surface area contributed by atoms with Gasteiger partial charge in [0.15, 0.2) is 5.82 Å². The number of hydrogen-bond acceptors (Lipinski definition) is 3. The maximum Gasteiger partial charge on any atom is 0.181 e. The van der Waals surface area contributed by atoms with Crippen molar-refractivity contribution in [2.45, 2.75) is 38.0 Å². The standard InChI is InChI=1S/C15H18N4/c1-2-4-11(3-1)14-17-15(19-18-14)12-6-5-10-7-8-16-13(10)9-12/h5-6,9,11,16H,1-4,7-8H2,(H,17,18,19). The Morgan fingerprint density at radius 3 is 2.95 bits per heavy atom. The molecule has 2 heterocycles. The topological polar surface area (TPSA) is 53.6 Å². The Balaban J connectivity index is 1.65. The molecule has 0 spiro atoms. The number of aromatic amines is 1. The van der Waals surface area contributed by atoms with Crippen molar-refractivity contribution in [2.75, 3.05) is 11.9 Å². The van der Waals surface area contributed by atoms with Gasteiger partial charge < -0.3 is 5.32 Å². The second kappa shape index (κ2) is 4.37. The van der Waals surface area contributed by atoms with Crippen molar-refractivity contribution >= 4 is 5.69 Å². The fourth-order valence-electron chi connectivity index (χ4n) is 3.22. The van der Waals surface area contributed by atoms with E-state index in [1.807, 2.05) is 0 Å². The minimum Gasteiger partial charge on any atom is -0.384 e. The average molecular weight is 254 g/mol. The van der Waals surface area contributed by atoms with Crippen molar-refractivity contribution in [3.8, 4) is 11.4 Å². The highest BCUT2D eigenvalue weighted by molar-refractivity contribution is 5.67. The minimum absolute atomic E-state index is 0.591. The Morgan fingerprint density at radius 1 is 1.16 bits per heavy atom.